The molecule has 18 heavy (non-hydrogen) atoms. The third kappa shape index (κ3) is 4.15. The summed E-state index contributed by atoms with van der Waals surface area (Å²) in [5, 5.41) is 8.74. The van der Waals surface area contributed by atoms with Crippen molar-refractivity contribution in [2.24, 2.45) is 5.73 Å². The van der Waals surface area contributed by atoms with Crippen LogP contribution in [0.3, 0.4) is 0 Å². The van der Waals surface area contributed by atoms with E-state index in [1.165, 1.54) is 6.07 Å². The van der Waals surface area contributed by atoms with Crippen molar-refractivity contribution in [2.75, 3.05) is 6.61 Å². The van der Waals surface area contributed by atoms with E-state index >= 15 is 0 Å². The Morgan fingerprint density at radius 2 is 1.94 bits per heavy atom. The van der Waals surface area contributed by atoms with E-state index in [0.717, 1.165) is 6.07 Å². The summed E-state index contributed by atoms with van der Waals surface area (Å²) in [6.45, 7) is 1.52. The molecule has 6 heteroatoms. The SMILES string of the molecule is C[C@@H](N)c1cccc(C(F)(F)F)c1CCCO.Cl. The lowest BCUT2D eigenvalue weighted by Crippen LogP contribution is -2.15. The van der Waals surface area contributed by atoms with Gasteiger partial charge in [-0.1, -0.05) is 12.1 Å². The molecule has 0 aromatic heterocycles. The summed E-state index contributed by atoms with van der Waals surface area (Å²) >= 11 is 0. The minimum Gasteiger partial charge on any atom is -0.396 e. The van der Waals surface area contributed by atoms with E-state index in [0.29, 0.717) is 12.0 Å². The second kappa shape index (κ2) is 6.97. The summed E-state index contributed by atoms with van der Waals surface area (Å²) in [6, 6.07) is 3.57. The largest absolute Gasteiger partial charge is 0.416 e. The van der Waals surface area contributed by atoms with Crippen LogP contribution >= 0.6 is 12.4 Å². The zero-order chi connectivity index (χ0) is 13.1. The molecule has 0 radical (unpaired) electrons. The lowest BCUT2D eigenvalue weighted by Gasteiger charge is -2.18. The summed E-state index contributed by atoms with van der Waals surface area (Å²) in [7, 11) is 0. The molecular formula is C12H17ClF3NO. The van der Waals surface area contributed by atoms with Gasteiger partial charge in [0, 0.05) is 12.6 Å². The number of benzene rings is 1. The van der Waals surface area contributed by atoms with Crippen LogP contribution in [0.25, 0.3) is 0 Å². The molecule has 0 unspecified atom stereocenters. The number of hydrogen-bond acceptors (Lipinski definition) is 2. The average Bonchev–Trinajstić information content (AvgIpc) is 2.24. The smallest absolute Gasteiger partial charge is 0.396 e. The maximum Gasteiger partial charge on any atom is 0.416 e. The van der Waals surface area contributed by atoms with Crippen LogP contribution in [-0.4, -0.2) is 11.7 Å². The van der Waals surface area contributed by atoms with Crippen LogP contribution in [0, 0.1) is 0 Å². The Morgan fingerprint density at radius 1 is 1.33 bits per heavy atom. The summed E-state index contributed by atoms with van der Waals surface area (Å²) in [6.07, 6.45) is -3.90. The second-order valence-electron chi connectivity index (χ2n) is 3.99. The summed E-state index contributed by atoms with van der Waals surface area (Å²) in [5.74, 6) is 0. The Bertz CT molecular complexity index is 380. The van der Waals surface area contributed by atoms with Gasteiger partial charge in [-0.3, -0.25) is 0 Å². The Labute approximate surface area is 110 Å². The Morgan fingerprint density at radius 3 is 2.39 bits per heavy atom. The first kappa shape index (κ1) is 17.2. The maximum atomic E-state index is 12.8. The van der Waals surface area contributed by atoms with Gasteiger partial charge in [0.15, 0.2) is 0 Å². The first-order valence-electron chi connectivity index (χ1n) is 5.43. The molecule has 0 amide bonds. The molecule has 0 heterocycles. The number of rotatable bonds is 4. The van der Waals surface area contributed by atoms with Gasteiger partial charge in [-0.05, 0) is 37.0 Å². The minimum absolute atomic E-state index is 0. The zero-order valence-electron chi connectivity index (χ0n) is 10.00. The van der Waals surface area contributed by atoms with Crippen molar-refractivity contribution in [2.45, 2.75) is 32.0 Å². The fourth-order valence-corrected chi connectivity index (χ4v) is 1.83. The first-order valence-corrected chi connectivity index (χ1v) is 5.43. The molecule has 0 aliphatic carbocycles. The van der Waals surface area contributed by atoms with Gasteiger partial charge in [-0.2, -0.15) is 13.2 Å². The van der Waals surface area contributed by atoms with Crippen LogP contribution in [0.15, 0.2) is 18.2 Å². The van der Waals surface area contributed by atoms with Gasteiger partial charge in [-0.25, -0.2) is 0 Å². The minimum atomic E-state index is -4.38. The van der Waals surface area contributed by atoms with E-state index in [4.69, 9.17) is 10.8 Å². The van der Waals surface area contributed by atoms with Gasteiger partial charge in [0.2, 0.25) is 0 Å². The number of nitrogens with two attached hydrogens (primary N) is 1. The van der Waals surface area contributed by atoms with Gasteiger partial charge < -0.3 is 10.8 Å². The summed E-state index contributed by atoms with van der Waals surface area (Å²) in [5.41, 5.74) is 5.71. The molecule has 0 saturated heterocycles. The Hall–Kier alpha value is -0.780. The van der Waals surface area contributed by atoms with Gasteiger partial charge in [0.1, 0.15) is 0 Å². The van der Waals surface area contributed by atoms with Crippen LogP contribution in [0.4, 0.5) is 13.2 Å². The van der Waals surface area contributed by atoms with E-state index < -0.39 is 17.8 Å². The van der Waals surface area contributed by atoms with Crippen molar-refractivity contribution in [3.05, 3.63) is 34.9 Å². The molecule has 0 spiro atoms. The molecule has 0 saturated carbocycles. The predicted octanol–water partition coefficient (Wildman–Crippen LogP) is 3.07. The van der Waals surface area contributed by atoms with E-state index in [2.05, 4.69) is 0 Å². The topological polar surface area (TPSA) is 46.2 Å². The highest BCUT2D eigenvalue weighted by Gasteiger charge is 2.34. The van der Waals surface area contributed by atoms with Crippen molar-refractivity contribution in [3.8, 4) is 0 Å². The van der Waals surface area contributed by atoms with Crippen LogP contribution in [-0.2, 0) is 12.6 Å². The highest BCUT2D eigenvalue weighted by Crippen LogP contribution is 2.35. The van der Waals surface area contributed by atoms with Crippen molar-refractivity contribution in [1.29, 1.82) is 0 Å². The van der Waals surface area contributed by atoms with Gasteiger partial charge in [-0.15, -0.1) is 12.4 Å². The van der Waals surface area contributed by atoms with Crippen molar-refractivity contribution in [3.63, 3.8) is 0 Å². The molecular weight excluding hydrogens is 267 g/mol. The van der Waals surface area contributed by atoms with E-state index in [-0.39, 0.29) is 31.0 Å². The number of hydrogen-bond donors (Lipinski definition) is 2. The molecule has 1 aromatic rings. The molecule has 0 aliphatic rings. The molecule has 104 valence electrons. The predicted molar refractivity (Wildman–Crippen MR) is 66.7 cm³/mol. The fourth-order valence-electron chi connectivity index (χ4n) is 1.83. The highest BCUT2D eigenvalue weighted by molar-refractivity contribution is 5.85. The van der Waals surface area contributed by atoms with Crippen LogP contribution in [0.2, 0.25) is 0 Å². The number of alkyl halides is 3. The summed E-state index contributed by atoms with van der Waals surface area (Å²) < 4.78 is 38.4. The average molecular weight is 284 g/mol. The molecule has 0 bridgehead atoms. The zero-order valence-corrected chi connectivity index (χ0v) is 10.8. The fraction of sp³-hybridized carbons (Fsp3) is 0.500. The van der Waals surface area contributed by atoms with Crippen LogP contribution < -0.4 is 5.73 Å². The van der Waals surface area contributed by atoms with Crippen LogP contribution in [0.5, 0.6) is 0 Å². The molecule has 0 fully saturated rings. The van der Waals surface area contributed by atoms with Gasteiger partial charge in [0.05, 0.1) is 5.56 Å². The monoisotopic (exact) mass is 283 g/mol. The molecule has 0 aliphatic heterocycles. The van der Waals surface area contributed by atoms with E-state index in [1.807, 2.05) is 0 Å². The van der Waals surface area contributed by atoms with Gasteiger partial charge >= 0.3 is 6.18 Å². The number of aliphatic hydroxyl groups is 1. The standard InChI is InChI=1S/C12H16F3NO.ClH/c1-8(16)9-4-2-6-11(12(13,14)15)10(9)5-3-7-17;/h2,4,6,8,17H,3,5,7,16H2,1H3;1H/t8-;/m1./s1. The van der Waals surface area contributed by atoms with Crippen molar-refractivity contribution in [1.82, 2.24) is 0 Å². The quantitative estimate of drug-likeness (QED) is 0.892. The Kier molecular flexibility index (Phi) is 6.67. The molecule has 1 aromatic carbocycles. The molecule has 1 rings (SSSR count). The van der Waals surface area contributed by atoms with Gasteiger partial charge in [0.25, 0.3) is 0 Å². The number of halogens is 4. The summed E-state index contributed by atoms with van der Waals surface area (Å²) in [4.78, 5) is 0. The molecule has 2 nitrogen and oxygen atoms in total. The lowest BCUT2D eigenvalue weighted by atomic mass is 9.93. The normalized spacial score (nSPS) is 13.0. The van der Waals surface area contributed by atoms with Crippen LogP contribution in [0.1, 0.15) is 36.1 Å². The Balaban J connectivity index is 0.00000289. The van der Waals surface area contributed by atoms with E-state index in [1.54, 1.807) is 13.0 Å². The molecule has 1 atom stereocenters. The highest BCUT2D eigenvalue weighted by atomic mass is 35.5. The maximum absolute atomic E-state index is 12.8. The number of aliphatic hydroxyl groups excluding tert-OH is 1. The van der Waals surface area contributed by atoms with E-state index in [9.17, 15) is 13.2 Å². The second-order valence-corrected chi connectivity index (χ2v) is 3.99. The first-order chi connectivity index (χ1) is 7.88. The lowest BCUT2D eigenvalue weighted by molar-refractivity contribution is -0.138. The van der Waals surface area contributed by atoms with Crippen molar-refractivity contribution >= 4 is 12.4 Å². The third-order valence-corrected chi connectivity index (χ3v) is 2.59. The molecule has 3 N–H and O–H groups in total. The van der Waals surface area contributed by atoms with Crippen molar-refractivity contribution < 1.29 is 18.3 Å². The third-order valence-electron chi connectivity index (χ3n) is 2.59.